The van der Waals surface area contributed by atoms with Gasteiger partial charge in [-0.3, -0.25) is 9.59 Å². The van der Waals surface area contributed by atoms with Gasteiger partial charge in [-0.05, 0) is 49.4 Å². The lowest BCUT2D eigenvalue weighted by atomic mass is 10.3. The Bertz CT molecular complexity index is 995. The summed E-state index contributed by atoms with van der Waals surface area (Å²) in [5.74, 6) is 0.338. The van der Waals surface area contributed by atoms with Gasteiger partial charge in [0.05, 0.1) is 12.4 Å². The lowest BCUT2D eigenvalue weighted by molar-refractivity contribution is -0.113. The van der Waals surface area contributed by atoms with Gasteiger partial charge in [0.15, 0.2) is 4.34 Å². The first-order valence-corrected chi connectivity index (χ1v) is 10.8. The van der Waals surface area contributed by atoms with Crippen LogP contribution in [-0.4, -0.2) is 34.4 Å². The molecule has 150 valence electrons. The predicted octanol–water partition coefficient (Wildman–Crippen LogP) is 4.57. The summed E-state index contributed by atoms with van der Waals surface area (Å²) in [6.45, 7) is 2.50. The molecule has 0 bridgehead atoms. The third kappa shape index (κ3) is 6.45. The zero-order chi connectivity index (χ0) is 20.6. The van der Waals surface area contributed by atoms with Crippen molar-refractivity contribution in [1.29, 1.82) is 0 Å². The smallest absolute Gasteiger partial charge is 0.286 e. The molecule has 2 amide bonds. The van der Waals surface area contributed by atoms with E-state index in [-0.39, 0.29) is 22.6 Å². The summed E-state index contributed by atoms with van der Waals surface area (Å²) in [6, 6.07) is 14.0. The lowest BCUT2D eigenvalue weighted by Crippen LogP contribution is -2.13. The van der Waals surface area contributed by atoms with Crippen LogP contribution in [-0.2, 0) is 4.79 Å². The number of hydrogen-bond donors (Lipinski definition) is 2. The summed E-state index contributed by atoms with van der Waals surface area (Å²) < 4.78 is 5.90. The summed E-state index contributed by atoms with van der Waals surface area (Å²) in [5.41, 5.74) is 1.25. The molecule has 3 rings (SSSR count). The zero-order valence-corrected chi connectivity index (χ0v) is 17.7. The molecule has 0 atom stereocenters. The van der Waals surface area contributed by atoms with Crippen LogP contribution in [0.25, 0.3) is 0 Å². The van der Waals surface area contributed by atoms with Gasteiger partial charge < -0.3 is 15.4 Å². The molecule has 0 unspecified atom stereocenters. The third-order valence-corrected chi connectivity index (χ3v) is 5.75. The quantitative estimate of drug-likeness (QED) is 0.490. The van der Waals surface area contributed by atoms with Crippen LogP contribution in [0.5, 0.6) is 5.75 Å². The SMILES string of the molecule is CCOc1ccc(NC(=O)CSc2nnc(C(=O)Nc3cccc(Cl)c3)s2)cc1. The average molecular weight is 449 g/mol. The maximum Gasteiger partial charge on any atom is 0.286 e. The maximum atomic E-state index is 12.2. The van der Waals surface area contributed by atoms with Gasteiger partial charge >= 0.3 is 0 Å². The number of benzene rings is 2. The van der Waals surface area contributed by atoms with Crippen molar-refractivity contribution in [3.63, 3.8) is 0 Å². The third-order valence-electron chi connectivity index (χ3n) is 3.46. The standard InChI is InChI=1S/C19H17ClN4O3S2/c1-2-27-15-8-6-13(7-9-15)21-16(25)11-28-19-24-23-18(29-19)17(26)22-14-5-3-4-12(20)10-14/h3-10H,2,11H2,1H3,(H,21,25)(H,22,26). The van der Waals surface area contributed by atoms with Crippen molar-refractivity contribution in [2.45, 2.75) is 11.3 Å². The van der Waals surface area contributed by atoms with E-state index in [1.54, 1.807) is 48.5 Å². The molecule has 2 N–H and O–H groups in total. The number of carbonyl (C=O) groups excluding carboxylic acids is 2. The maximum absolute atomic E-state index is 12.2. The number of anilines is 2. The molecule has 3 aromatic rings. The molecule has 0 saturated heterocycles. The average Bonchev–Trinajstić information content (AvgIpc) is 3.17. The molecule has 1 aromatic heterocycles. The second kappa shape index (κ2) is 10.2. The van der Waals surface area contributed by atoms with Crippen LogP contribution < -0.4 is 15.4 Å². The molecule has 0 aliphatic heterocycles. The molecule has 1 heterocycles. The number of thioether (sulfide) groups is 1. The molecule has 0 aliphatic rings. The Kier molecular flexibility index (Phi) is 7.45. The number of nitrogens with zero attached hydrogens (tertiary/aromatic N) is 2. The Morgan fingerprint density at radius 2 is 1.90 bits per heavy atom. The van der Waals surface area contributed by atoms with Gasteiger partial charge in [0.25, 0.3) is 5.91 Å². The van der Waals surface area contributed by atoms with Crippen LogP contribution in [0.1, 0.15) is 16.7 Å². The fourth-order valence-electron chi connectivity index (χ4n) is 2.24. The Morgan fingerprint density at radius 1 is 1.10 bits per heavy atom. The van der Waals surface area contributed by atoms with E-state index in [1.807, 2.05) is 6.92 Å². The monoisotopic (exact) mass is 448 g/mol. The van der Waals surface area contributed by atoms with Crippen molar-refractivity contribution in [2.24, 2.45) is 0 Å². The number of hydrogen-bond acceptors (Lipinski definition) is 7. The van der Waals surface area contributed by atoms with Gasteiger partial charge in [-0.15, -0.1) is 10.2 Å². The van der Waals surface area contributed by atoms with Gasteiger partial charge in [-0.25, -0.2) is 0 Å². The molecular formula is C19H17ClN4O3S2. The second-order valence-corrected chi connectivity index (χ2v) is 8.27. The van der Waals surface area contributed by atoms with E-state index in [9.17, 15) is 9.59 Å². The highest BCUT2D eigenvalue weighted by Crippen LogP contribution is 2.24. The van der Waals surface area contributed by atoms with Crippen molar-refractivity contribution < 1.29 is 14.3 Å². The van der Waals surface area contributed by atoms with Crippen LogP contribution >= 0.6 is 34.7 Å². The molecule has 0 saturated carbocycles. The zero-order valence-electron chi connectivity index (χ0n) is 15.3. The van der Waals surface area contributed by atoms with Crippen LogP contribution in [0.4, 0.5) is 11.4 Å². The van der Waals surface area contributed by atoms with E-state index in [0.29, 0.717) is 27.3 Å². The first-order chi connectivity index (χ1) is 14.0. The molecule has 0 aliphatic carbocycles. The van der Waals surface area contributed by atoms with Gasteiger partial charge in [0.2, 0.25) is 10.9 Å². The highest BCUT2D eigenvalue weighted by molar-refractivity contribution is 8.01. The van der Waals surface area contributed by atoms with Gasteiger partial charge in [-0.1, -0.05) is 40.8 Å². The molecule has 0 radical (unpaired) electrons. The molecule has 7 nitrogen and oxygen atoms in total. The Hall–Kier alpha value is -2.62. The minimum atomic E-state index is -0.379. The Labute approximate surface area is 180 Å². The van der Waals surface area contributed by atoms with Gasteiger partial charge in [0.1, 0.15) is 5.75 Å². The van der Waals surface area contributed by atoms with Crippen LogP contribution in [0, 0.1) is 0 Å². The van der Waals surface area contributed by atoms with E-state index in [0.717, 1.165) is 17.1 Å². The minimum absolute atomic E-state index is 0.151. The van der Waals surface area contributed by atoms with E-state index >= 15 is 0 Å². The van der Waals surface area contributed by atoms with Crippen LogP contribution in [0.2, 0.25) is 5.02 Å². The number of halogens is 1. The summed E-state index contributed by atoms with van der Waals surface area (Å²) >= 11 is 8.24. The highest BCUT2D eigenvalue weighted by Gasteiger charge is 2.14. The first kappa shape index (κ1) is 21.1. The highest BCUT2D eigenvalue weighted by atomic mass is 35.5. The number of carbonyl (C=O) groups is 2. The van der Waals surface area contributed by atoms with Crippen molar-refractivity contribution in [1.82, 2.24) is 10.2 Å². The lowest BCUT2D eigenvalue weighted by Gasteiger charge is -2.06. The van der Waals surface area contributed by atoms with Gasteiger partial charge in [0, 0.05) is 16.4 Å². The number of nitrogens with one attached hydrogen (secondary N) is 2. The van der Waals surface area contributed by atoms with E-state index in [2.05, 4.69) is 20.8 Å². The normalized spacial score (nSPS) is 10.4. The first-order valence-electron chi connectivity index (χ1n) is 8.59. The number of amides is 2. The predicted molar refractivity (Wildman–Crippen MR) is 116 cm³/mol. The van der Waals surface area contributed by atoms with Crippen LogP contribution in [0.15, 0.2) is 52.9 Å². The Morgan fingerprint density at radius 3 is 2.62 bits per heavy atom. The van der Waals surface area contributed by atoms with Crippen LogP contribution in [0.3, 0.4) is 0 Å². The fourth-order valence-corrected chi connectivity index (χ4v) is 3.97. The second-order valence-electron chi connectivity index (χ2n) is 5.63. The summed E-state index contributed by atoms with van der Waals surface area (Å²) in [5, 5.41) is 14.1. The molecule has 0 spiro atoms. The molecule has 29 heavy (non-hydrogen) atoms. The van der Waals surface area contributed by atoms with E-state index in [4.69, 9.17) is 16.3 Å². The topological polar surface area (TPSA) is 93.2 Å². The molecule has 0 fully saturated rings. The molecule has 2 aromatic carbocycles. The molecule has 10 heteroatoms. The minimum Gasteiger partial charge on any atom is -0.494 e. The number of ether oxygens (including phenoxy) is 1. The van der Waals surface area contributed by atoms with Crippen molar-refractivity contribution in [2.75, 3.05) is 23.0 Å². The summed E-state index contributed by atoms with van der Waals surface area (Å²) in [6.07, 6.45) is 0. The molecular weight excluding hydrogens is 432 g/mol. The fraction of sp³-hybridized carbons (Fsp3) is 0.158. The number of aromatic nitrogens is 2. The summed E-state index contributed by atoms with van der Waals surface area (Å²) in [4.78, 5) is 24.4. The Balaban J connectivity index is 1.49. The van der Waals surface area contributed by atoms with Crippen molar-refractivity contribution in [3.8, 4) is 5.75 Å². The van der Waals surface area contributed by atoms with E-state index < -0.39 is 0 Å². The number of rotatable bonds is 8. The van der Waals surface area contributed by atoms with Crippen molar-refractivity contribution in [3.05, 3.63) is 58.6 Å². The summed E-state index contributed by atoms with van der Waals surface area (Å²) in [7, 11) is 0. The van der Waals surface area contributed by atoms with Crippen molar-refractivity contribution >= 4 is 57.9 Å². The van der Waals surface area contributed by atoms with E-state index in [1.165, 1.54) is 11.8 Å². The van der Waals surface area contributed by atoms with Gasteiger partial charge in [-0.2, -0.15) is 0 Å². The largest absolute Gasteiger partial charge is 0.494 e.